The van der Waals surface area contributed by atoms with Crippen LogP contribution in [0.3, 0.4) is 0 Å². The number of piperidine rings is 1. The second-order valence-corrected chi connectivity index (χ2v) is 7.55. The molecule has 0 unspecified atom stereocenters. The van der Waals surface area contributed by atoms with Gasteiger partial charge in [-0.25, -0.2) is 4.68 Å². The molecule has 0 aliphatic carbocycles. The van der Waals surface area contributed by atoms with Crippen LogP contribution < -0.4 is 5.32 Å². The number of benzene rings is 2. The summed E-state index contributed by atoms with van der Waals surface area (Å²) in [6, 6.07) is 9.58. The lowest BCUT2D eigenvalue weighted by Crippen LogP contribution is -2.41. The van der Waals surface area contributed by atoms with E-state index in [1.165, 1.54) is 12.1 Å². The maximum atomic E-state index is 12.8. The first-order valence-corrected chi connectivity index (χ1v) is 9.79. The summed E-state index contributed by atoms with van der Waals surface area (Å²) in [5.41, 5.74) is 1.53. The molecule has 1 aliphatic heterocycles. The van der Waals surface area contributed by atoms with E-state index in [0.717, 1.165) is 17.6 Å². The lowest BCUT2D eigenvalue weighted by Gasteiger charge is -2.31. The molecule has 0 spiro atoms. The van der Waals surface area contributed by atoms with E-state index in [2.05, 4.69) is 15.6 Å². The molecular weight excluding hydrogens is 411 g/mol. The van der Waals surface area contributed by atoms with Crippen LogP contribution in [0.1, 0.15) is 28.8 Å². The van der Waals surface area contributed by atoms with Gasteiger partial charge in [0.2, 0.25) is 5.91 Å². The Morgan fingerprint density at radius 3 is 2.39 bits per heavy atom. The van der Waals surface area contributed by atoms with E-state index in [1.54, 1.807) is 34.8 Å². The summed E-state index contributed by atoms with van der Waals surface area (Å²) in [4.78, 5) is 27.0. The first kappa shape index (κ1) is 20.8. The minimum Gasteiger partial charge on any atom is -0.339 e. The fraction of sp³-hybridized carbons (Fsp3) is 0.333. The van der Waals surface area contributed by atoms with Crippen LogP contribution in [0.4, 0.5) is 18.9 Å². The normalized spacial score (nSPS) is 15.3. The SMILES string of the molecule is Cn1nnc2cc(C(=O)N3CCC(C(=O)Nc4ccc(C(F)(F)F)cc4)CC3)ccc21. The largest absolute Gasteiger partial charge is 0.416 e. The number of likely N-dealkylation sites (tertiary alicyclic amines) is 1. The van der Waals surface area contributed by atoms with Gasteiger partial charge in [0.25, 0.3) is 5.91 Å². The number of amides is 2. The number of hydrogen-bond donors (Lipinski definition) is 1. The number of hydrogen-bond acceptors (Lipinski definition) is 4. The lowest BCUT2D eigenvalue weighted by molar-refractivity contribution is -0.137. The second-order valence-electron chi connectivity index (χ2n) is 7.55. The molecule has 0 radical (unpaired) electrons. The fourth-order valence-corrected chi connectivity index (χ4v) is 3.69. The van der Waals surface area contributed by atoms with Crippen LogP contribution in [-0.4, -0.2) is 44.8 Å². The van der Waals surface area contributed by atoms with Crippen LogP contribution in [0.5, 0.6) is 0 Å². The number of fused-ring (bicyclic) bond motifs is 1. The van der Waals surface area contributed by atoms with Crippen molar-refractivity contribution in [1.82, 2.24) is 19.9 Å². The lowest BCUT2D eigenvalue weighted by atomic mass is 9.95. The van der Waals surface area contributed by atoms with Gasteiger partial charge in [-0.05, 0) is 55.3 Å². The molecule has 162 valence electrons. The van der Waals surface area contributed by atoms with Gasteiger partial charge in [-0.2, -0.15) is 13.2 Å². The summed E-state index contributed by atoms with van der Waals surface area (Å²) in [6.45, 7) is 0.838. The molecular formula is C21H20F3N5O2. The third-order valence-corrected chi connectivity index (χ3v) is 5.49. The van der Waals surface area contributed by atoms with Crippen molar-refractivity contribution >= 4 is 28.5 Å². The number of nitrogens with zero attached hydrogens (tertiary/aromatic N) is 4. The Labute approximate surface area is 175 Å². The van der Waals surface area contributed by atoms with Crippen molar-refractivity contribution in [1.29, 1.82) is 0 Å². The van der Waals surface area contributed by atoms with Gasteiger partial charge in [0, 0.05) is 37.3 Å². The molecule has 2 amide bonds. The standard InChI is InChI=1S/C21H20F3N5O2/c1-28-18-7-2-14(12-17(18)26-27-28)20(31)29-10-8-13(9-11-29)19(30)25-16-5-3-15(4-6-16)21(22,23)24/h2-7,12-13H,8-11H2,1H3,(H,25,30). The van der Waals surface area contributed by atoms with Crippen LogP contribution in [0.15, 0.2) is 42.5 Å². The van der Waals surface area contributed by atoms with Crippen molar-refractivity contribution in [2.45, 2.75) is 19.0 Å². The highest BCUT2D eigenvalue weighted by atomic mass is 19.4. The van der Waals surface area contributed by atoms with E-state index in [0.29, 0.717) is 42.7 Å². The number of rotatable bonds is 3. The average molecular weight is 431 g/mol. The number of nitrogens with one attached hydrogen (secondary N) is 1. The highest BCUT2D eigenvalue weighted by Crippen LogP contribution is 2.30. The van der Waals surface area contributed by atoms with Crippen LogP contribution in [-0.2, 0) is 18.0 Å². The van der Waals surface area contributed by atoms with Gasteiger partial charge in [0.15, 0.2) is 0 Å². The predicted molar refractivity (Wildman–Crippen MR) is 107 cm³/mol. The minimum atomic E-state index is -4.42. The van der Waals surface area contributed by atoms with E-state index in [9.17, 15) is 22.8 Å². The number of carbonyl (C=O) groups excluding carboxylic acids is 2. The number of alkyl halides is 3. The highest BCUT2D eigenvalue weighted by molar-refractivity contribution is 5.97. The maximum Gasteiger partial charge on any atom is 0.416 e. The zero-order chi connectivity index (χ0) is 22.2. The summed E-state index contributed by atoms with van der Waals surface area (Å²) in [7, 11) is 1.78. The van der Waals surface area contributed by atoms with Crippen molar-refractivity contribution < 1.29 is 22.8 Å². The van der Waals surface area contributed by atoms with E-state index in [-0.39, 0.29) is 17.7 Å². The molecule has 1 aromatic heterocycles. The Kier molecular flexibility index (Phi) is 5.38. The van der Waals surface area contributed by atoms with Gasteiger partial charge in [0.1, 0.15) is 5.52 Å². The zero-order valence-corrected chi connectivity index (χ0v) is 16.7. The van der Waals surface area contributed by atoms with Gasteiger partial charge in [-0.3, -0.25) is 9.59 Å². The quantitative estimate of drug-likeness (QED) is 0.689. The first-order valence-electron chi connectivity index (χ1n) is 9.79. The van der Waals surface area contributed by atoms with Crippen molar-refractivity contribution in [3.05, 3.63) is 53.6 Å². The molecule has 3 aromatic rings. The predicted octanol–water partition coefficient (Wildman–Crippen LogP) is 3.48. The second kappa shape index (κ2) is 8.01. The van der Waals surface area contributed by atoms with Crippen molar-refractivity contribution in [2.24, 2.45) is 13.0 Å². The molecule has 1 N–H and O–H groups in total. The van der Waals surface area contributed by atoms with Crippen molar-refractivity contribution in [3.8, 4) is 0 Å². The maximum absolute atomic E-state index is 12.8. The molecule has 2 heterocycles. The molecule has 7 nitrogen and oxygen atoms in total. The smallest absolute Gasteiger partial charge is 0.339 e. The molecule has 31 heavy (non-hydrogen) atoms. The fourth-order valence-electron chi connectivity index (χ4n) is 3.69. The highest BCUT2D eigenvalue weighted by Gasteiger charge is 2.31. The van der Waals surface area contributed by atoms with Gasteiger partial charge in [-0.1, -0.05) is 5.21 Å². The van der Waals surface area contributed by atoms with Gasteiger partial charge in [-0.15, -0.1) is 5.10 Å². The summed E-state index contributed by atoms with van der Waals surface area (Å²) < 4.78 is 39.6. The third-order valence-electron chi connectivity index (χ3n) is 5.49. The summed E-state index contributed by atoms with van der Waals surface area (Å²) in [6.07, 6.45) is -3.46. The third kappa shape index (κ3) is 4.37. The first-order chi connectivity index (χ1) is 14.7. The Bertz CT molecular complexity index is 1120. The monoisotopic (exact) mass is 431 g/mol. The van der Waals surface area contributed by atoms with Crippen LogP contribution in [0, 0.1) is 5.92 Å². The molecule has 0 saturated carbocycles. The van der Waals surface area contributed by atoms with Crippen LogP contribution >= 0.6 is 0 Å². The topological polar surface area (TPSA) is 80.1 Å². The van der Waals surface area contributed by atoms with E-state index < -0.39 is 11.7 Å². The molecule has 2 aromatic carbocycles. The molecule has 4 rings (SSSR count). The van der Waals surface area contributed by atoms with E-state index >= 15 is 0 Å². The van der Waals surface area contributed by atoms with E-state index in [4.69, 9.17) is 0 Å². The van der Waals surface area contributed by atoms with Crippen molar-refractivity contribution in [2.75, 3.05) is 18.4 Å². The van der Waals surface area contributed by atoms with Crippen molar-refractivity contribution in [3.63, 3.8) is 0 Å². The molecule has 1 fully saturated rings. The number of aryl methyl sites for hydroxylation is 1. The molecule has 1 saturated heterocycles. The zero-order valence-electron chi connectivity index (χ0n) is 16.7. The summed E-state index contributed by atoms with van der Waals surface area (Å²) in [5.74, 6) is -0.698. The minimum absolute atomic E-state index is 0.130. The molecule has 10 heteroatoms. The molecule has 1 aliphatic rings. The number of aromatic nitrogens is 3. The molecule has 0 atom stereocenters. The number of carbonyl (C=O) groups is 2. The Morgan fingerprint density at radius 2 is 1.74 bits per heavy atom. The molecule has 0 bridgehead atoms. The van der Waals surface area contributed by atoms with Gasteiger partial charge < -0.3 is 10.2 Å². The number of anilines is 1. The van der Waals surface area contributed by atoms with Crippen LogP contribution in [0.25, 0.3) is 11.0 Å². The Balaban J connectivity index is 1.34. The Hall–Kier alpha value is -3.43. The van der Waals surface area contributed by atoms with E-state index in [1.807, 2.05) is 0 Å². The van der Waals surface area contributed by atoms with Gasteiger partial charge >= 0.3 is 6.18 Å². The average Bonchev–Trinajstić information content (AvgIpc) is 3.13. The summed E-state index contributed by atoms with van der Waals surface area (Å²) in [5, 5.41) is 10.6. The summed E-state index contributed by atoms with van der Waals surface area (Å²) >= 11 is 0. The van der Waals surface area contributed by atoms with Crippen LogP contribution in [0.2, 0.25) is 0 Å². The van der Waals surface area contributed by atoms with Gasteiger partial charge in [0.05, 0.1) is 11.1 Å². The Morgan fingerprint density at radius 1 is 1.06 bits per heavy atom. The number of halogens is 3.